The highest BCUT2D eigenvalue weighted by atomic mass is 19.1. The second-order valence-electron chi connectivity index (χ2n) is 7.77. The summed E-state index contributed by atoms with van der Waals surface area (Å²) in [5.41, 5.74) is 8.99. The van der Waals surface area contributed by atoms with Gasteiger partial charge in [0.05, 0.1) is 11.4 Å². The zero-order valence-electron chi connectivity index (χ0n) is 19.1. The maximum absolute atomic E-state index is 13.2. The molecule has 3 aromatic rings. The molecule has 8 heteroatoms. The van der Waals surface area contributed by atoms with Crippen LogP contribution in [0.15, 0.2) is 59.6 Å². The summed E-state index contributed by atoms with van der Waals surface area (Å²) in [7, 11) is 0. The van der Waals surface area contributed by atoms with E-state index in [0.717, 1.165) is 18.9 Å². The number of aliphatic imine (C=N–C) groups is 1. The molecule has 1 aromatic heterocycles. The molecule has 0 spiro atoms. The van der Waals surface area contributed by atoms with Gasteiger partial charge in [-0.2, -0.15) is 10.4 Å². The average Bonchev–Trinajstić information content (AvgIpc) is 3.16. The third kappa shape index (κ3) is 6.32. The molecule has 0 amide bonds. The molecule has 0 aliphatic heterocycles. The zero-order chi connectivity index (χ0) is 23.6. The normalized spacial score (nSPS) is 12.2. The molecule has 4 N–H and O–H groups in total. The molecular formula is C25H30FN7. The van der Waals surface area contributed by atoms with Crippen LogP contribution in [0.25, 0.3) is 5.69 Å². The lowest BCUT2D eigenvalue weighted by Crippen LogP contribution is -2.38. The van der Waals surface area contributed by atoms with Crippen molar-refractivity contribution in [2.75, 3.05) is 25.4 Å². The molecule has 0 aliphatic rings. The molecule has 172 valence electrons. The van der Waals surface area contributed by atoms with Crippen molar-refractivity contribution >= 4 is 11.8 Å². The van der Waals surface area contributed by atoms with Gasteiger partial charge in [0.15, 0.2) is 5.96 Å². The number of guanidine groups is 1. The number of anilines is 1. The first-order valence-electron chi connectivity index (χ1n) is 11.1. The van der Waals surface area contributed by atoms with E-state index in [1.54, 1.807) is 12.1 Å². The van der Waals surface area contributed by atoms with Crippen LogP contribution in [0.3, 0.4) is 0 Å². The fourth-order valence-corrected chi connectivity index (χ4v) is 3.47. The van der Waals surface area contributed by atoms with Crippen LogP contribution in [0, 0.1) is 17.1 Å². The molecule has 0 saturated carbocycles. The molecule has 33 heavy (non-hydrogen) atoms. The average molecular weight is 448 g/mol. The Balaban J connectivity index is 1.59. The summed E-state index contributed by atoms with van der Waals surface area (Å²) in [6, 6.07) is 18.3. The van der Waals surface area contributed by atoms with Crippen LogP contribution >= 0.6 is 0 Å². The van der Waals surface area contributed by atoms with Gasteiger partial charge < -0.3 is 16.4 Å². The first-order valence-corrected chi connectivity index (χ1v) is 11.1. The molecule has 3 rings (SSSR count). The second kappa shape index (κ2) is 11.7. The Morgan fingerprint density at radius 3 is 2.58 bits per heavy atom. The highest BCUT2D eigenvalue weighted by Crippen LogP contribution is 2.21. The number of hydrogen-bond donors (Lipinski definition) is 3. The van der Waals surface area contributed by atoms with Gasteiger partial charge in [0.1, 0.15) is 23.3 Å². The molecule has 0 fully saturated rings. The number of nitrogens with two attached hydrogens (primary N) is 1. The first-order chi connectivity index (χ1) is 16.0. The summed E-state index contributed by atoms with van der Waals surface area (Å²) in [4.78, 5) is 4.70. The van der Waals surface area contributed by atoms with Gasteiger partial charge in [-0.15, -0.1) is 0 Å². The molecule has 7 nitrogen and oxygen atoms in total. The molecule has 1 unspecified atom stereocenters. The largest absolute Gasteiger partial charge is 0.382 e. The number of halogens is 1. The fourth-order valence-electron chi connectivity index (χ4n) is 3.47. The number of nitrogens with one attached hydrogen (secondary N) is 2. The molecule has 0 saturated heterocycles. The van der Waals surface area contributed by atoms with Crippen LogP contribution in [-0.4, -0.2) is 35.4 Å². The third-order valence-corrected chi connectivity index (χ3v) is 5.30. The molecule has 2 aromatic carbocycles. The van der Waals surface area contributed by atoms with E-state index < -0.39 is 0 Å². The summed E-state index contributed by atoms with van der Waals surface area (Å²) in [5, 5.41) is 20.7. The fraction of sp³-hybridized carbons (Fsp3) is 0.320. The smallest absolute Gasteiger partial charge is 0.191 e. The topological polar surface area (TPSA) is 104 Å². The Kier molecular flexibility index (Phi) is 8.42. The number of aromatic nitrogens is 2. The summed E-state index contributed by atoms with van der Waals surface area (Å²) < 4.78 is 14.7. The quantitative estimate of drug-likeness (QED) is 0.263. The Labute approximate surface area is 194 Å². The number of hydrogen-bond acceptors (Lipinski definition) is 4. The maximum atomic E-state index is 13.2. The van der Waals surface area contributed by atoms with Gasteiger partial charge in [-0.3, -0.25) is 4.99 Å². The lowest BCUT2D eigenvalue weighted by molar-refractivity contribution is 0.627. The van der Waals surface area contributed by atoms with Crippen molar-refractivity contribution in [1.82, 2.24) is 20.4 Å². The van der Waals surface area contributed by atoms with Crippen LogP contribution in [0.2, 0.25) is 0 Å². The van der Waals surface area contributed by atoms with Crippen molar-refractivity contribution in [1.29, 1.82) is 5.26 Å². The third-order valence-electron chi connectivity index (χ3n) is 5.30. The Bertz CT molecular complexity index is 1100. The monoisotopic (exact) mass is 447 g/mol. The molecule has 0 aliphatic carbocycles. The van der Waals surface area contributed by atoms with Gasteiger partial charge >= 0.3 is 0 Å². The maximum Gasteiger partial charge on any atom is 0.191 e. The molecule has 0 bridgehead atoms. The Morgan fingerprint density at radius 1 is 1.18 bits per heavy atom. The molecular weight excluding hydrogens is 417 g/mol. The molecule has 1 heterocycles. The standard InChI is InChI=1S/C25H30FN7/c1-3-29-25(31-17-18(2)19-8-5-4-6-9-19)30-15-7-10-23-22(16-27)24(28)33(32-23)21-13-11-20(26)12-14-21/h4-6,8-9,11-14,18H,3,7,10,15,17,28H2,1-2H3,(H2,29,30,31). The summed E-state index contributed by atoms with van der Waals surface area (Å²) in [5.74, 6) is 1.000. The lowest BCUT2D eigenvalue weighted by Gasteiger charge is -2.13. The van der Waals surface area contributed by atoms with Gasteiger partial charge in [0, 0.05) is 25.6 Å². The van der Waals surface area contributed by atoms with Gasteiger partial charge in [-0.05, 0) is 49.6 Å². The van der Waals surface area contributed by atoms with E-state index in [1.165, 1.54) is 22.4 Å². The molecule has 1 atom stereocenters. The zero-order valence-corrected chi connectivity index (χ0v) is 19.1. The highest BCUT2D eigenvalue weighted by Gasteiger charge is 2.16. The van der Waals surface area contributed by atoms with E-state index in [4.69, 9.17) is 10.7 Å². The van der Waals surface area contributed by atoms with Gasteiger partial charge in [0.2, 0.25) is 0 Å². The number of benzene rings is 2. The molecule has 0 radical (unpaired) electrons. The minimum Gasteiger partial charge on any atom is -0.382 e. The Hall–Kier alpha value is -3.86. The van der Waals surface area contributed by atoms with Crippen molar-refractivity contribution in [2.45, 2.75) is 32.6 Å². The van der Waals surface area contributed by atoms with Crippen molar-refractivity contribution < 1.29 is 4.39 Å². The van der Waals surface area contributed by atoms with Crippen LogP contribution < -0.4 is 16.4 Å². The van der Waals surface area contributed by atoms with Gasteiger partial charge in [-0.25, -0.2) is 9.07 Å². The minimum atomic E-state index is -0.340. The second-order valence-corrected chi connectivity index (χ2v) is 7.77. The number of nitriles is 1. The number of nitrogens with zero attached hydrogens (tertiary/aromatic N) is 4. The van der Waals surface area contributed by atoms with Crippen LogP contribution in [0.4, 0.5) is 10.2 Å². The minimum absolute atomic E-state index is 0.261. The van der Waals surface area contributed by atoms with E-state index >= 15 is 0 Å². The van der Waals surface area contributed by atoms with Crippen molar-refractivity contribution in [3.05, 3.63) is 77.2 Å². The lowest BCUT2D eigenvalue weighted by atomic mass is 10.0. The van der Waals surface area contributed by atoms with E-state index in [-0.39, 0.29) is 11.6 Å². The highest BCUT2D eigenvalue weighted by molar-refractivity contribution is 5.79. The summed E-state index contributed by atoms with van der Waals surface area (Å²) >= 11 is 0. The van der Waals surface area contributed by atoms with Crippen LogP contribution in [-0.2, 0) is 6.42 Å². The Morgan fingerprint density at radius 2 is 1.91 bits per heavy atom. The predicted octanol–water partition coefficient (Wildman–Crippen LogP) is 3.76. The van der Waals surface area contributed by atoms with Crippen molar-refractivity contribution in [2.24, 2.45) is 4.99 Å². The first kappa shape index (κ1) is 23.8. The predicted molar refractivity (Wildman–Crippen MR) is 130 cm³/mol. The van der Waals surface area contributed by atoms with Crippen molar-refractivity contribution in [3.8, 4) is 11.8 Å². The number of rotatable bonds is 9. The van der Waals surface area contributed by atoms with E-state index in [0.29, 0.717) is 42.4 Å². The van der Waals surface area contributed by atoms with Gasteiger partial charge in [-0.1, -0.05) is 37.3 Å². The van der Waals surface area contributed by atoms with Crippen LogP contribution in [0.1, 0.15) is 43.0 Å². The van der Waals surface area contributed by atoms with E-state index in [2.05, 4.69) is 40.9 Å². The van der Waals surface area contributed by atoms with E-state index in [1.807, 2.05) is 25.1 Å². The number of nitrogen functional groups attached to an aromatic ring is 1. The SMILES string of the molecule is CCNC(=NCC(C)c1ccccc1)NCCCc1nn(-c2ccc(F)cc2)c(N)c1C#N. The van der Waals surface area contributed by atoms with Crippen molar-refractivity contribution in [3.63, 3.8) is 0 Å². The summed E-state index contributed by atoms with van der Waals surface area (Å²) in [6.07, 6.45) is 1.32. The van der Waals surface area contributed by atoms with Crippen LogP contribution in [0.5, 0.6) is 0 Å². The number of aryl methyl sites for hydroxylation is 1. The van der Waals surface area contributed by atoms with E-state index in [9.17, 15) is 9.65 Å². The summed E-state index contributed by atoms with van der Waals surface area (Å²) in [6.45, 7) is 6.30. The van der Waals surface area contributed by atoms with Gasteiger partial charge in [0.25, 0.3) is 0 Å².